The Morgan fingerprint density at radius 3 is 2.92 bits per heavy atom. The molecule has 0 spiro atoms. The van der Waals surface area contributed by atoms with Gasteiger partial charge >= 0.3 is 0 Å². The molecular weight excluding hydrogens is 372 g/mol. The number of carbonyl (C=O) groups excluding carboxylic acids is 1. The lowest BCUT2D eigenvalue weighted by Gasteiger charge is -2.06. The van der Waals surface area contributed by atoms with Crippen LogP contribution in [-0.2, 0) is 4.79 Å². The average molecular weight is 385 g/mol. The minimum atomic E-state index is -0.302. The minimum absolute atomic E-state index is 0.0623. The molecule has 3 rings (SSSR count). The molecule has 1 aromatic heterocycles. The lowest BCUT2D eigenvalue weighted by atomic mass is 10.1. The van der Waals surface area contributed by atoms with Gasteiger partial charge in [0.25, 0.3) is 5.22 Å². The number of nitrogens with zero attached hydrogens (tertiary/aromatic N) is 3. The number of aryl methyl sites for hydroxylation is 1. The smallest absolute Gasteiger partial charge is 0.277 e. The van der Waals surface area contributed by atoms with Crippen molar-refractivity contribution < 1.29 is 9.21 Å². The third-order valence-corrected chi connectivity index (χ3v) is 4.43. The minimum Gasteiger partial charge on any atom is -0.411 e. The van der Waals surface area contributed by atoms with E-state index in [9.17, 15) is 4.79 Å². The Morgan fingerprint density at radius 1 is 1.31 bits per heavy atom. The molecule has 0 fully saturated rings. The highest BCUT2D eigenvalue weighted by Crippen LogP contribution is 2.25. The number of hydrogen-bond donors (Lipinski definition) is 1. The molecule has 3 aromatic rings. The molecule has 0 saturated heterocycles. The number of hydrogen-bond acceptors (Lipinski definition) is 6. The lowest BCUT2D eigenvalue weighted by Crippen LogP contribution is -2.15. The largest absolute Gasteiger partial charge is 0.411 e. The van der Waals surface area contributed by atoms with Crippen molar-refractivity contribution in [1.29, 1.82) is 5.26 Å². The Hall–Kier alpha value is -2.82. The maximum atomic E-state index is 12.1. The molecule has 130 valence electrons. The van der Waals surface area contributed by atoms with Gasteiger partial charge in [-0.25, -0.2) is 0 Å². The zero-order valence-electron chi connectivity index (χ0n) is 13.7. The van der Waals surface area contributed by atoms with Crippen molar-refractivity contribution in [3.8, 4) is 17.5 Å². The van der Waals surface area contributed by atoms with E-state index in [1.54, 1.807) is 12.1 Å². The molecule has 1 amide bonds. The van der Waals surface area contributed by atoms with Crippen molar-refractivity contribution in [2.45, 2.75) is 12.1 Å². The van der Waals surface area contributed by atoms with Crippen LogP contribution in [-0.4, -0.2) is 21.9 Å². The molecule has 26 heavy (non-hydrogen) atoms. The number of benzene rings is 2. The van der Waals surface area contributed by atoms with E-state index in [0.717, 1.165) is 22.9 Å². The number of nitrogens with one attached hydrogen (secondary N) is 1. The van der Waals surface area contributed by atoms with Gasteiger partial charge in [-0.1, -0.05) is 41.1 Å². The summed E-state index contributed by atoms with van der Waals surface area (Å²) in [6, 6.07) is 14.4. The lowest BCUT2D eigenvalue weighted by molar-refractivity contribution is -0.113. The summed E-state index contributed by atoms with van der Waals surface area (Å²) in [5.74, 6) is 0.162. The summed E-state index contributed by atoms with van der Waals surface area (Å²) in [6.07, 6.45) is 0. The second kappa shape index (κ2) is 8.04. The molecule has 1 heterocycles. The van der Waals surface area contributed by atoms with Gasteiger partial charge in [-0.3, -0.25) is 4.79 Å². The van der Waals surface area contributed by atoms with E-state index in [0.29, 0.717) is 27.4 Å². The van der Waals surface area contributed by atoms with Crippen LogP contribution >= 0.6 is 23.4 Å². The molecule has 0 radical (unpaired) electrons. The maximum absolute atomic E-state index is 12.1. The van der Waals surface area contributed by atoms with Crippen molar-refractivity contribution in [3.63, 3.8) is 0 Å². The van der Waals surface area contributed by atoms with Gasteiger partial charge in [0.2, 0.25) is 11.8 Å². The first kappa shape index (κ1) is 18.0. The van der Waals surface area contributed by atoms with Gasteiger partial charge in [-0.15, -0.1) is 10.2 Å². The van der Waals surface area contributed by atoms with E-state index in [-0.39, 0.29) is 11.7 Å². The highest BCUT2D eigenvalue weighted by molar-refractivity contribution is 7.99. The molecule has 2 aromatic carbocycles. The second-order valence-electron chi connectivity index (χ2n) is 5.38. The van der Waals surface area contributed by atoms with Gasteiger partial charge < -0.3 is 9.73 Å². The molecule has 0 aliphatic rings. The van der Waals surface area contributed by atoms with Crippen LogP contribution in [0.2, 0.25) is 5.02 Å². The standard InChI is InChI=1S/C18H13ClN4O2S/c1-11-3-2-4-12(7-11)17-22-23-18(25-17)26-10-16(24)21-15-8-14(19)6-5-13(15)9-20/h2-8H,10H2,1H3,(H,21,24). The van der Waals surface area contributed by atoms with E-state index in [4.69, 9.17) is 21.3 Å². The fourth-order valence-electron chi connectivity index (χ4n) is 2.19. The first-order valence-electron chi connectivity index (χ1n) is 7.58. The van der Waals surface area contributed by atoms with Crippen LogP contribution in [0.1, 0.15) is 11.1 Å². The molecule has 0 unspecified atom stereocenters. The molecule has 8 heteroatoms. The van der Waals surface area contributed by atoms with Gasteiger partial charge in [-0.2, -0.15) is 5.26 Å². The summed E-state index contributed by atoms with van der Waals surface area (Å²) < 4.78 is 5.58. The summed E-state index contributed by atoms with van der Waals surface area (Å²) in [7, 11) is 0. The highest BCUT2D eigenvalue weighted by atomic mass is 35.5. The molecule has 0 aliphatic carbocycles. The average Bonchev–Trinajstić information content (AvgIpc) is 3.09. The molecule has 0 saturated carbocycles. The summed E-state index contributed by atoms with van der Waals surface area (Å²) in [4.78, 5) is 12.1. The van der Waals surface area contributed by atoms with E-state index < -0.39 is 0 Å². The Morgan fingerprint density at radius 2 is 2.15 bits per heavy atom. The number of carbonyl (C=O) groups is 1. The number of halogens is 1. The SMILES string of the molecule is Cc1cccc(-c2nnc(SCC(=O)Nc3cc(Cl)ccc3C#N)o2)c1. The van der Waals surface area contributed by atoms with Crippen LogP contribution in [0.5, 0.6) is 0 Å². The molecule has 0 atom stereocenters. The van der Waals surface area contributed by atoms with Crippen molar-refractivity contribution >= 4 is 35.0 Å². The van der Waals surface area contributed by atoms with Gasteiger partial charge in [0, 0.05) is 10.6 Å². The predicted molar refractivity (Wildman–Crippen MR) is 100.0 cm³/mol. The molecule has 6 nitrogen and oxygen atoms in total. The zero-order chi connectivity index (χ0) is 18.5. The summed E-state index contributed by atoms with van der Waals surface area (Å²) in [6.45, 7) is 1.98. The number of rotatable bonds is 5. The van der Waals surface area contributed by atoms with Crippen LogP contribution < -0.4 is 5.32 Å². The van der Waals surface area contributed by atoms with Crippen LogP contribution in [0.4, 0.5) is 5.69 Å². The van der Waals surface area contributed by atoms with Crippen molar-refractivity contribution in [3.05, 3.63) is 58.6 Å². The van der Waals surface area contributed by atoms with E-state index in [1.807, 2.05) is 37.3 Å². The van der Waals surface area contributed by atoms with Crippen LogP contribution in [0.15, 0.2) is 52.1 Å². The van der Waals surface area contributed by atoms with E-state index >= 15 is 0 Å². The van der Waals surface area contributed by atoms with E-state index in [1.165, 1.54) is 6.07 Å². The Kier molecular flexibility index (Phi) is 5.56. The predicted octanol–water partition coefficient (Wildman–Crippen LogP) is 4.30. The summed E-state index contributed by atoms with van der Waals surface area (Å²) >= 11 is 7.02. The molecular formula is C18H13ClN4O2S. The van der Waals surface area contributed by atoms with Crippen LogP contribution in [0.3, 0.4) is 0 Å². The third-order valence-electron chi connectivity index (χ3n) is 3.37. The highest BCUT2D eigenvalue weighted by Gasteiger charge is 2.13. The number of anilines is 1. The van der Waals surface area contributed by atoms with Gasteiger partial charge in [0.1, 0.15) is 6.07 Å². The first-order chi connectivity index (χ1) is 12.5. The summed E-state index contributed by atoms with van der Waals surface area (Å²) in [5, 5.41) is 20.4. The Bertz CT molecular complexity index is 997. The Balaban J connectivity index is 1.62. The zero-order valence-corrected chi connectivity index (χ0v) is 15.3. The monoisotopic (exact) mass is 384 g/mol. The van der Waals surface area contributed by atoms with Crippen LogP contribution in [0, 0.1) is 18.3 Å². The molecule has 1 N–H and O–H groups in total. The summed E-state index contributed by atoms with van der Waals surface area (Å²) in [5.41, 5.74) is 2.62. The number of aromatic nitrogens is 2. The number of nitriles is 1. The maximum Gasteiger partial charge on any atom is 0.277 e. The first-order valence-corrected chi connectivity index (χ1v) is 8.94. The topological polar surface area (TPSA) is 91.8 Å². The van der Waals surface area contributed by atoms with Crippen LogP contribution in [0.25, 0.3) is 11.5 Å². The van der Waals surface area contributed by atoms with Crippen molar-refractivity contribution in [1.82, 2.24) is 10.2 Å². The quantitative estimate of drug-likeness (QED) is 0.659. The normalized spacial score (nSPS) is 10.3. The number of thioether (sulfide) groups is 1. The fraction of sp³-hybridized carbons (Fsp3) is 0.111. The van der Waals surface area contributed by atoms with E-state index in [2.05, 4.69) is 15.5 Å². The van der Waals surface area contributed by atoms with Crippen molar-refractivity contribution in [2.24, 2.45) is 0 Å². The number of amides is 1. The van der Waals surface area contributed by atoms with Gasteiger partial charge in [-0.05, 0) is 37.3 Å². The van der Waals surface area contributed by atoms with Gasteiger partial charge in [0.15, 0.2) is 0 Å². The second-order valence-corrected chi connectivity index (χ2v) is 6.74. The Labute approximate surface area is 159 Å². The van der Waals surface area contributed by atoms with Gasteiger partial charge in [0.05, 0.1) is 17.0 Å². The third kappa shape index (κ3) is 4.42. The molecule has 0 bridgehead atoms. The van der Waals surface area contributed by atoms with Crippen molar-refractivity contribution in [2.75, 3.05) is 11.1 Å². The fourth-order valence-corrected chi connectivity index (χ4v) is 2.93. The molecule has 0 aliphatic heterocycles.